The van der Waals surface area contributed by atoms with Crippen LogP contribution in [0.1, 0.15) is 18.1 Å². The highest BCUT2D eigenvalue weighted by atomic mass is 32.2. The van der Waals surface area contributed by atoms with Crippen LogP contribution in [0, 0.1) is 13.8 Å². The molecule has 1 amide bonds. The molecule has 0 aliphatic heterocycles. The first-order valence-electron chi connectivity index (χ1n) is 7.74. The predicted molar refractivity (Wildman–Crippen MR) is 98.4 cm³/mol. The smallest absolute Gasteiger partial charge is 0.237 e. The third-order valence-electron chi connectivity index (χ3n) is 3.46. The van der Waals surface area contributed by atoms with Crippen LogP contribution in [0.15, 0.2) is 48.5 Å². The third kappa shape index (κ3) is 5.64. The van der Waals surface area contributed by atoms with E-state index in [-0.39, 0.29) is 11.2 Å². The van der Waals surface area contributed by atoms with Crippen LogP contribution in [0.2, 0.25) is 0 Å². The number of carbonyl (C=O) groups excluding carboxylic acids is 1. The maximum Gasteiger partial charge on any atom is 0.237 e. The van der Waals surface area contributed by atoms with Crippen molar-refractivity contribution in [1.29, 1.82) is 0 Å². The summed E-state index contributed by atoms with van der Waals surface area (Å²) in [5.41, 5.74) is 3.15. The predicted octanol–water partition coefficient (Wildman–Crippen LogP) is 4.44. The lowest BCUT2D eigenvalue weighted by Gasteiger charge is -2.13. The van der Waals surface area contributed by atoms with Crippen molar-refractivity contribution in [2.24, 2.45) is 0 Å². The van der Waals surface area contributed by atoms with Gasteiger partial charge in [0.15, 0.2) is 0 Å². The molecule has 0 radical (unpaired) electrons. The lowest BCUT2D eigenvalue weighted by molar-refractivity contribution is -0.115. The minimum atomic E-state index is -0.114. The monoisotopic (exact) mass is 329 g/mol. The largest absolute Gasteiger partial charge is 0.492 e. The molecule has 0 bridgehead atoms. The molecule has 0 saturated carbocycles. The molecule has 2 aromatic carbocycles. The molecule has 3 nitrogen and oxygen atoms in total. The molecule has 2 rings (SSSR count). The SMILES string of the molecule is Cc1ccc(C)c(OCCSC(C)C(=O)Nc2ccccc2)c1. The summed E-state index contributed by atoms with van der Waals surface area (Å²) >= 11 is 1.60. The van der Waals surface area contributed by atoms with Crippen LogP contribution in [0.5, 0.6) is 5.75 Å². The van der Waals surface area contributed by atoms with Gasteiger partial charge in [-0.2, -0.15) is 0 Å². The number of aryl methyl sites for hydroxylation is 2. The molecule has 0 spiro atoms. The van der Waals surface area contributed by atoms with E-state index in [9.17, 15) is 4.79 Å². The quantitative estimate of drug-likeness (QED) is 0.763. The minimum Gasteiger partial charge on any atom is -0.492 e. The van der Waals surface area contributed by atoms with Crippen molar-refractivity contribution < 1.29 is 9.53 Å². The lowest BCUT2D eigenvalue weighted by atomic mass is 10.1. The molecule has 0 fully saturated rings. The summed E-state index contributed by atoms with van der Waals surface area (Å²) in [6, 6.07) is 15.7. The summed E-state index contributed by atoms with van der Waals surface area (Å²) in [6.45, 7) is 6.60. The Morgan fingerprint density at radius 2 is 1.91 bits per heavy atom. The van der Waals surface area contributed by atoms with E-state index in [0.29, 0.717) is 6.61 Å². The second kappa shape index (κ2) is 8.63. The normalized spacial score (nSPS) is 11.8. The fourth-order valence-electron chi connectivity index (χ4n) is 2.08. The zero-order chi connectivity index (χ0) is 16.7. The zero-order valence-corrected chi connectivity index (χ0v) is 14.7. The molecule has 0 aliphatic carbocycles. The molecule has 0 saturated heterocycles. The van der Waals surface area contributed by atoms with Crippen LogP contribution in [-0.2, 0) is 4.79 Å². The van der Waals surface area contributed by atoms with E-state index in [2.05, 4.69) is 24.4 Å². The lowest BCUT2D eigenvalue weighted by Crippen LogP contribution is -2.23. The van der Waals surface area contributed by atoms with E-state index in [1.165, 1.54) is 5.56 Å². The Morgan fingerprint density at radius 3 is 2.65 bits per heavy atom. The molecule has 1 unspecified atom stereocenters. The first-order chi connectivity index (χ1) is 11.1. The Hall–Kier alpha value is -1.94. The summed E-state index contributed by atoms with van der Waals surface area (Å²) < 4.78 is 5.81. The Morgan fingerprint density at radius 1 is 1.17 bits per heavy atom. The van der Waals surface area contributed by atoms with Crippen molar-refractivity contribution in [3.05, 3.63) is 59.7 Å². The molecular formula is C19H23NO2S. The average Bonchev–Trinajstić information content (AvgIpc) is 2.55. The first kappa shape index (κ1) is 17.4. The summed E-state index contributed by atoms with van der Waals surface area (Å²) in [6.07, 6.45) is 0. The van der Waals surface area contributed by atoms with Crippen LogP contribution >= 0.6 is 11.8 Å². The van der Waals surface area contributed by atoms with E-state index in [1.54, 1.807) is 11.8 Å². The highest BCUT2D eigenvalue weighted by Gasteiger charge is 2.13. The molecule has 2 aromatic rings. The highest BCUT2D eigenvalue weighted by molar-refractivity contribution is 8.00. The maximum atomic E-state index is 12.1. The number of ether oxygens (including phenoxy) is 1. The van der Waals surface area contributed by atoms with Gasteiger partial charge in [0.1, 0.15) is 5.75 Å². The second-order valence-electron chi connectivity index (χ2n) is 5.49. The van der Waals surface area contributed by atoms with Crippen molar-refractivity contribution in [3.8, 4) is 5.75 Å². The van der Waals surface area contributed by atoms with Crippen LogP contribution in [-0.4, -0.2) is 23.5 Å². The summed E-state index contributed by atoms with van der Waals surface area (Å²) in [4.78, 5) is 12.1. The van der Waals surface area contributed by atoms with Crippen molar-refractivity contribution in [2.75, 3.05) is 17.7 Å². The molecule has 1 N–H and O–H groups in total. The van der Waals surface area contributed by atoms with Gasteiger partial charge in [0.05, 0.1) is 11.9 Å². The van der Waals surface area contributed by atoms with E-state index < -0.39 is 0 Å². The molecule has 0 aromatic heterocycles. The molecule has 23 heavy (non-hydrogen) atoms. The summed E-state index contributed by atoms with van der Waals surface area (Å²) in [5.74, 6) is 1.72. The van der Waals surface area contributed by atoms with Gasteiger partial charge < -0.3 is 10.1 Å². The van der Waals surface area contributed by atoms with E-state index in [1.807, 2.05) is 50.2 Å². The van der Waals surface area contributed by atoms with Gasteiger partial charge in [-0.25, -0.2) is 0 Å². The Labute approximate surface area is 142 Å². The van der Waals surface area contributed by atoms with Crippen LogP contribution in [0.3, 0.4) is 0 Å². The van der Waals surface area contributed by atoms with E-state index >= 15 is 0 Å². The van der Waals surface area contributed by atoms with Gasteiger partial charge in [-0.3, -0.25) is 4.79 Å². The van der Waals surface area contributed by atoms with Crippen LogP contribution < -0.4 is 10.1 Å². The average molecular weight is 329 g/mol. The number of benzene rings is 2. The van der Waals surface area contributed by atoms with Crippen molar-refractivity contribution >= 4 is 23.4 Å². The zero-order valence-electron chi connectivity index (χ0n) is 13.8. The minimum absolute atomic E-state index is 0.0212. The number of rotatable bonds is 7. The third-order valence-corrected chi connectivity index (χ3v) is 4.58. The molecular weight excluding hydrogens is 306 g/mol. The van der Waals surface area contributed by atoms with Gasteiger partial charge in [0, 0.05) is 11.4 Å². The van der Waals surface area contributed by atoms with E-state index in [0.717, 1.165) is 22.8 Å². The van der Waals surface area contributed by atoms with Gasteiger partial charge >= 0.3 is 0 Å². The Kier molecular flexibility index (Phi) is 6.53. The fourth-order valence-corrected chi connectivity index (χ4v) is 2.82. The molecule has 0 heterocycles. The van der Waals surface area contributed by atoms with Gasteiger partial charge in [-0.1, -0.05) is 30.3 Å². The molecule has 122 valence electrons. The van der Waals surface area contributed by atoms with Crippen LogP contribution in [0.25, 0.3) is 0 Å². The van der Waals surface area contributed by atoms with Gasteiger partial charge in [0.2, 0.25) is 5.91 Å². The number of hydrogen-bond donors (Lipinski definition) is 1. The number of para-hydroxylation sites is 1. The van der Waals surface area contributed by atoms with Gasteiger partial charge in [0.25, 0.3) is 0 Å². The number of amides is 1. The number of hydrogen-bond acceptors (Lipinski definition) is 3. The molecule has 0 aliphatic rings. The maximum absolute atomic E-state index is 12.1. The first-order valence-corrected chi connectivity index (χ1v) is 8.78. The summed E-state index contributed by atoms with van der Waals surface area (Å²) in [7, 11) is 0. The summed E-state index contributed by atoms with van der Waals surface area (Å²) in [5, 5.41) is 2.80. The van der Waals surface area contributed by atoms with Crippen LogP contribution in [0.4, 0.5) is 5.69 Å². The standard InChI is InChI=1S/C19H23NO2S/c1-14-9-10-15(2)18(13-14)22-11-12-23-16(3)19(21)20-17-7-5-4-6-8-17/h4-10,13,16H,11-12H2,1-3H3,(H,20,21). The number of carbonyl (C=O) groups is 1. The van der Waals surface area contributed by atoms with Gasteiger partial charge in [-0.15, -0.1) is 11.8 Å². The van der Waals surface area contributed by atoms with Crippen molar-refractivity contribution in [3.63, 3.8) is 0 Å². The topological polar surface area (TPSA) is 38.3 Å². The van der Waals surface area contributed by atoms with Gasteiger partial charge in [-0.05, 0) is 50.1 Å². The van der Waals surface area contributed by atoms with E-state index in [4.69, 9.17) is 4.74 Å². The molecule has 1 atom stereocenters. The van der Waals surface area contributed by atoms with Crippen molar-refractivity contribution in [2.45, 2.75) is 26.0 Å². The second-order valence-corrected chi connectivity index (χ2v) is 6.93. The number of nitrogens with one attached hydrogen (secondary N) is 1. The number of thioether (sulfide) groups is 1. The Balaban J connectivity index is 1.73. The number of anilines is 1. The molecule has 4 heteroatoms. The Bertz CT molecular complexity index is 643. The highest BCUT2D eigenvalue weighted by Crippen LogP contribution is 2.20. The van der Waals surface area contributed by atoms with Crippen molar-refractivity contribution in [1.82, 2.24) is 0 Å². The fraction of sp³-hybridized carbons (Fsp3) is 0.316.